The molecular weight excluding hydrogens is 237 g/mol. The van der Waals surface area contributed by atoms with Crippen LogP contribution in [0.3, 0.4) is 0 Å². The normalized spacial score (nSPS) is 11.1. The van der Waals surface area contributed by atoms with Gasteiger partial charge in [-0.15, -0.1) is 0 Å². The predicted molar refractivity (Wildman–Crippen MR) is 55.3 cm³/mol. The van der Waals surface area contributed by atoms with Crippen molar-refractivity contribution in [2.45, 2.75) is 0 Å². The number of phosphoric ester groups is 1. The molecule has 0 heterocycles. The van der Waals surface area contributed by atoms with Gasteiger partial charge in [-0.25, -0.2) is 4.57 Å². The van der Waals surface area contributed by atoms with Crippen LogP contribution in [0.25, 0.3) is 0 Å². The monoisotopic (exact) mass is 247 g/mol. The van der Waals surface area contributed by atoms with Crippen molar-refractivity contribution >= 4 is 13.5 Å². The molecular formula is C8H10NO6P. The van der Waals surface area contributed by atoms with Crippen LogP contribution in [0.15, 0.2) is 24.3 Å². The van der Waals surface area contributed by atoms with Crippen LogP contribution >= 0.6 is 7.82 Å². The highest BCUT2D eigenvalue weighted by molar-refractivity contribution is 7.48. The summed E-state index contributed by atoms with van der Waals surface area (Å²) in [4.78, 5) is 9.82. The van der Waals surface area contributed by atoms with E-state index in [1.807, 2.05) is 0 Å². The van der Waals surface area contributed by atoms with E-state index >= 15 is 0 Å². The third-order valence-corrected chi connectivity index (χ3v) is 3.04. The molecule has 0 atom stereocenters. The third-order valence-electron chi connectivity index (χ3n) is 1.71. The molecule has 8 heteroatoms. The van der Waals surface area contributed by atoms with Gasteiger partial charge >= 0.3 is 7.82 Å². The van der Waals surface area contributed by atoms with Gasteiger partial charge in [0.15, 0.2) is 0 Å². The molecule has 7 nitrogen and oxygen atoms in total. The van der Waals surface area contributed by atoms with Crippen LogP contribution in [0.1, 0.15) is 0 Å². The molecule has 1 rings (SSSR count). The second-order valence-electron chi connectivity index (χ2n) is 2.65. The van der Waals surface area contributed by atoms with Crippen molar-refractivity contribution in [1.29, 1.82) is 0 Å². The van der Waals surface area contributed by atoms with Crippen LogP contribution in [-0.2, 0) is 13.6 Å². The molecule has 0 aromatic heterocycles. The van der Waals surface area contributed by atoms with E-state index in [0.29, 0.717) is 0 Å². The van der Waals surface area contributed by atoms with E-state index in [2.05, 4.69) is 9.05 Å². The molecule has 0 fully saturated rings. The zero-order valence-corrected chi connectivity index (χ0v) is 9.55. The van der Waals surface area contributed by atoms with Crippen LogP contribution in [0, 0.1) is 10.1 Å². The lowest BCUT2D eigenvalue weighted by Crippen LogP contribution is -1.97. The zero-order valence-electron chi connectivity index (χ0n) is 8.65. The number of nitro benzene ring substituents is 1. The molecule has 0 N–H and O–H groups in total. The van der Waals surface area contributed by atoms with E-state index < -0.39 is 12.7 Å². The van der Waals surface area contributed by atoms with Gasteiger partial charge in [0, 0.05) is 26.4 Å². The number of hydrogen-bond donors (Lipinski definition) is 0. The quantitative estimate of drug-likeness (QED) is 0.451. The van der Waals surface area contributed by atoms with E-state index in [0.717, 1.165) is 0 Å². The molecule has 0 aliphatic carbocycles. The van der Waals surface area contributed by atoms with Crippen molar-refractivity contribution in [3.05, 3.63) is 34.4 Å². The van der Waals surface area contributed by atoms with Gasteiger partial charge in [0.1, 0.15) is 5.75 Å². The Labute approximate surface area is 91.7 Å². The smallest absolute Gasteiger partial charge is 0.404 e. The summed E-state index contributed by atoms with van der Waals surface area (Å²) >= 11 is 0. The standard InChI is InChI=1S/C8H10NO6P/c1-13-16(12,14-2)15-8-5-3-7(4-6-8)9(10)11/h3-6H,1-2H3. The summed E-state index contributed by atoms with van der Waals surface area (Å²) < 4.78 is 25.6. The molecule has 0 aliphatic heterocycles. The molecule has 1 aromatic carbocycles. The lowest BCUT2D eigenvalue weighted by atomic mass is 10.3. The molecule has 0 amide bonds. The van der Waals surface area contributed by atoms with E-state index in [1.165, 1.54) is 38.5 Å². The predicted octanol–water partition coefficient (Wildman–Crippen LogP) is 2.37. The van der Waals surface area contributed by atoms with Crippen molar-refractivity contribution in [2.24, 2.45) is 0 Å². The van der Waals surface area contributed by atoms with Crippen LogP contribution < -0.4 is 4.52 Å². The fourth-order valence-corrected chi connectivity index (χ4v) is 1.58. The Bertz CT molecular complexity index is 409. The molecule has 0 unspecified atom stereocenters. The summed E-state index contributed by atoms with van der Waals surface area (Å²) in [6.07, 6.45) is 0. The van der Waals surface area contributed by atoms with Crippen LogP contribution in [-0.4, -0.2) is 19.1 Å². The maximum absolute atomic E-state index is 11.5. The number of rotatable bonds is 5. The fraction of sp³-hybridized carbons (Fsp3) is 0.250. The number of phosphoric acid groups is 1. The molecule has 0 aliphatic rings. The number of nitro groups is 1. The molecule has 88 valence electrons. The minimum atomic E-state index is -3.61. The van der Waals surface area contributed by atoms with Gasteiger partial charge in [0.2, 0.25) is 0 Å². The first-order valence-corrected chi connectivity index (χ1v) is 5.62. The van der Waals surface area contributed by atoms with Gasteiger partial charge in [-0.2, -0.15) is 0 Å². The SMILES string of the molecule is COP(=O)(OC)Oc1ccc([N+](=O)[O-])cc1. The van der Waals surface area contributed by atoms with Crippen molar-refractivity contribution in [3.63, 3.8) is 0 Å². The Morgan fingerprint density at radius 3 is 2.06 bits per heavy atom. The van der Waals surface area contributed by atoms with Gasteiger partial charge in [0.25, 0.3) is 5.69 Å². The summed E-state index contributed by atoms with van der Waals surface area (Å²) in [5.74, 6) is 0.164. The average molecular weight is 247 g/mol. The first kappa shape index (κ1) is 12.6. The summed E-state index contributed by atoms with van der Waals surface area (Å²) in [6, 6.07) is 5.07. The van der Waals surface area contributed by atoms with Crippen LogP contribution in [0.4, 0.5) is 5.69 Å². The average Bonchev–Trinajstić information content (AvgIpc) is 2.29. The van der Waals surface area contributed by atoms with Gasteiger partial charge in [-0.1, -0.05) is 0 Å². The van der Waals surface area contributed by atoms with Crippen molar-refractivity contribution in [1.82, 2.24) is 0 Å². The summed E-state index contributed by atoms with van der Waals surface area (Å²) in [7, 11) is -1.26. The maximum Gasteiger partial charge on any atom is 0.529 e. The van der Waals surface area contributed by atoms with Gasteiger partial charge in [0.05, 0.1) is 4.92 Å². The van der Waals surface area contributed by atoms with E-state index in [9.17, 15) is 14.7 Å². The molecule has 0 saturated heterocycles. The zero-order chi connectivity index (χ0) is 12.2. The number of hydrogen-bond acceptors (Lipinski definition) is 6. The van der Waals surface area contributed by atoms with Crippen LogP contribution in [0.2, 0.25) is 0 Å². The summed E-state index contributed by atoms with van der Waals surface area (Å²) in [5.41, 5.74) is -0.0861. The molecule has 0 saturated carbocycles. The summed E-state index contributed by atoms with van der Waals surface area (Å²) in [5, 5.41) is 10.4. The molecule has 16 heavy (non-hydrogen) atoms. The Hall–Kier alpha value is -1.43. The molecule has 0 radical (unpaired) electrons. The van der Waals surface area contributed by atoms with Crippen molar-refractivity contribution < 1.29 is 23.1 Å². The Balaban J connectivity index is 2.83. The molecule has 0 spiro atoms. The third kappa shape index (κ3) is 3.03. The van der Waals surface area contributed by atoms with E-state index in [-0.39, 0.29) is 11.4 Å². The molecule has 0 bridgehead atoms. The van der Waals surface area contributed by atoms with Gasteiger partial charge in [-0.05, 0) is 12.1 Å². The number of non-ortho nitro benzene ring substituents is 1. The number of benzene rings is 1. The van der Waals surface area contributed by atoms with Crippen LogP contribution in [0.5, 0.6) is 5.75 Å². The van der Waals surface area contributed by atoms with Gasteiger partial charge < -0.3 is 4.52 Å². The maximum atomic E-state index is 11.5. The highest BCUT2D eigenvalue weighted by Crippen LogP contribution is 2.47. The highest BCUT2D eigenvalue weighted by atomic mass is 31.2. The fourth-order valence-electron chi connectivity index (χ4n) is 0.907. The minimum Gasteiger partial charge on any atom is -0.404 e. The largest absolute Gasteiger partial charge is 0.529 e. The number of nitrogens with zero attached hydrogens (tertiary/aromatic N) is 1. The second kappa shape index (κ2) is 5.07. The Morgan fingerprint density at radius 1 is 1.19 bits per heavy atom. The second-order valence-corrected chi connectivity index (χ2v) is 4.46. The lowest BCUT2D eigenvalue weighted by Gasteiger charge is -2.13. The minimum absolute atomic E-state index is 0.0861. The molecule has 1 aromatic rings. The highest BCUT2D eigenvalue weighted by Gasteiger charge is 2.24. The first-order valence-electron chi connectivity index (χ1n) is 4.16. The Morgan fingerprint density at radius 2 is 1.69 bits per heavy atom. The van der Waals surface area contributed by atoms with E-state index in [4.69, 9.17) is 4.52 Å². The Kier molecular flexibility index (Phi) is 4.00. The van der Waals surface area contributed by atoms with Crippen molar-refractivity contribution in [2.75, 3.05) is 14.2 Å². The topological polar surface area (TPSA) is 87.9 Å². The van der Waals surface area contributed by atoms with E-state index in [1.54, 1.807) is 0 Å². The summed E-state index contributed by atoms with van der Waals surface area (Å²) in [6.45, 7) is 0. The first-order chi connectivity index (χ1) is 7.50. The van der Waals surface area contributed by atoms with Crippen molar-refractivity contribution in [3.8, 4) is 5.75 Å². The lowest BCUT2D eigenvalue weighted by molar-refractivity contribution is -0.384. The van der Waals surface area contributed by atoms with Gasteiger partial charge in [-0.3, -0.25) is 19.2 Å².